The molecule has 366 valence electrons. The summed E-state index contributed by atoms with van der Waals surface area (Å²) in [6.45, 7) is 4.54. The van der Waals surface area contributed by atoms with Gasteiger partial charge in [0.15, 0.2) is 0 Å². The van der Waals surface area contributed by atoms with Crippen LogP contribution in [0.5, 0.6) is 0 Å². The first-order valence-electron chi connectivity index (χ1n) is 30.1. The monoisotopic (exact) mass is 855 g/mol. The number of hydrogen-bond donors (Lipinski definition) is 0. The summed E-state index contributed by atoms with van der Waals surface area (Å²) in [5, 5.41) is 0. The lowest BCUT2D eigenvalue weighted by molar-refractivity contribution is 0.507. The second-order valence-electron chi connectivity index (χ2n) is 20.8. The summed E-state index contributed by atoms with van der Waals surface area (Å²) in [6.07, 6.45) is 89.0. The van der Waals surface area contributed by atoms with Gasteiger partial charge in [-0.1, -0.05) is 373 Å². The molecule has 0 atom stereocenters. The normalized spacial score (nSPS) is 11.8. The van der Waals surface area contributed by atoms with Crippen LogP contribution in [0.15, 0.2) is 12.2 Å². The van der Waals surface area contributed by atoms with Crippen molar-refractivity contribution in [1.29, 1.82) is 0 Å². The van der Waals surface area contributed by atoms with Gasteiger partial charge < -0.3 is 0 Å². The van der Waals surface area contributed by atoms with Crippen molar-refractivity contribution in [3.05, 3.63) is 12.2 Å². The SMILES string of the molecule is CC/C=C/CCCCCCCCCCCCCCCCCCCCCCCCCCCCCCCCCCCCCCCCCCCCCCCCCCCCCCCCC. The molecule has 0 saturated carbocycles. The molecule has 0 bridgehead atoms. The Hall–Kier alpha value is -0.260. The molecule has 0 aromatic heterocycles. The minimum atomic E-state index is 1.19. The van der Waals surface area contributed by atoms with Crippen LogP contribution in [0.25, 0.3) is 0 Å². The van der Waals surface area contributed by atoms with E-state index >= 15 is 0 Å². The van der Waals surface area contributed by atoms with Gasteiger partial charge in [-0.05, 0) is 19.3 Å². The van der Waals surface area contributed by atoms with Gasteiger partial charge >= 0.3 is 0 Å². The topological polar surface area (TPSA) is 0 Å². The van der Waals surface area contributed by atoms with Crippen molar-refractivity contribution in [2.24, 2.45) is 0 Å². The minimum absolute atomic E-state index is 1.19. The Morgan fingerprint density at radius 2 is 0.279 bits per heavy atom. The van der Waals surface area contributed by atoms with Crippen molar-refractivity contribution in [1.82, 2.24) is 0 Å². The molecule has 0 fully saturated rings. The van der Waals surface area contributed by atoms with Crippen LogP contribution < -0.4 is 0 Å². The zero-order chi connectivity index (χ0) is 43.7. The summed E-state index contributed by atoms with van der Waals surface area (Å²) in [5.74, 6) is 0. The molecule has 0 heterocycles. The third-order valence-electron chi connectivity index (χ3n) is 14.4. The quantitative estimate of drug-likeness (QED) is 0.0422. The molecule has 0 aromatic carbocycles. The molecule has 0 aromatic rings. The highest BCUT2D eigenvalue weighted by Crippen LogP contribution is 2.19. The maximum absolute atomic E-state index is 2.37. The third-order valence-corrected chi connectivity index (χ3v) is 14.4. The highest BCUT2D eigenvalue weighted by molar-refractivity contribution is 4.79. The first-order chi connectivity index (χ1) is 30.4. The van der Waals surface area contributed by atoms with Gasteiger partial charge in [0.1, 0.15) is 0 Å². The fourth-order valence-electron chi connectivity index (χ4n) is 9.99. The van der Waals surface area contributed by atoms with E-state index in [1.807, 2.05) is 0 Å². The number of unbranched alkanes of at least 4 members (excludes halogenated alkanes) is 55. The lowest BCUT2D eigenvalue weighted by Gasteiger charge is -2.05. The van der Waals surface area contributed by atoms with E-state index in [4.69, 9.17) is 0 Å². The Labute approximate surface area is 390 Å². The second kappa shape index (κ2) is 59.7. The molecule has 0 rings (SSSR count). The Balaban J connectivity index is 3.06. The van der Waals surface area contributed by atoms with Crippen LogP contribution in [0.3, 0.4) is 0 Å². The van der Waals surface area contributed by atoms with Gasteiger partial charge in [-0.2, -0.15) is 0 Å². The van der Waals surface area contributed by atoms with Crippen LogP contribution in [0.4, 0.5) is 0 Å². The maximum atomic E-state index is 2.37. The van der Waals surface area contributed by atoms with Crippen molar-refractivity contribution < 1.29 is 0 Å². The van der Waals surface area contributed by atoms with E-state index in [0.717, 1.165) is 0 Å². The molecule has 0 spiro atoms. The van der Waals surface area contributed by atoms with E-state index in [0.29, 0.717) is 0 Å². The zero-order valence-corrected chi connectivity index (χ0v) is 43.5. The van der Waals surface area contributed by atoms with Gasteiger partial charge in [-0.15, -0.1) is 0 Å². The average Bonchev–Trinajstić information content (AvgIpc) is 3.27. The predicted molar refractivity (Wildman–Crippen MR) is 284 cm³/mol. The maximum Gasteiger partial charge on any atom is -0.0351 e. The molecule has 0 aliphatic carbocycles. The summed E-state index contributed by atoms with van der Waals surface area (Å²) >= 11 is 0. The van der Waals surface area contributed by atoms with Crippen molar-refractivity contribution in [2.45, 2.75) is 380 Å². The zero-order valence-electron chi connectivity index (χ0n) is 43.5. The number of allylic oxidation sites excluding steroid dienone is 2. The molecule has 0 aliphatic rings. The van der Waals surface area contributed by atoms with Crippen LogP contribution in [-0.4, -0.2) is 0 Å². The van der Waals surface area contributed by atoms with Crippen molar-refractivity contribution in [3.63, 3.8) is 0 Å². The standard InChI is InChI=1S/C61H122/c1-3-5-7-9-11-13-15-17-19-21-23-25-27-29-31-33-35-37-39-41-43-45-47-49-51-53-55-57-59-61-60-58-56-54-52-50-48-46-44-42-40-38-36-34-32-30-28-26-24-22-20-18-16-14-12-10-8-6-4-2/h5,7H,3-4,6,8-61H2,1-2H3/b7-5+. The van der Waals surface area contributed by atoms with E-state index in [-0.39, 0.29) is 0 Å². The Kier molecular flexibility index (Phi) is 59.5. The van der Waals surface area contributed by atoms with Crippen molar-refractivity contribution in [3.8, 4) is 0 Å². The smallest absolute Gasteiger partial charge is 0.0351 e. The second-order valence-corrected chi connectivity index (χ2v) is 20.8. The molecule has 0 aliphatic heterocycles. The average molecular weight is 856 g/mol. The van der Waals surface area contributed by atoms with Gasteiger partial charge in [0.05, 0.1) is 0 Å². The molecular weight excluding hydrogens is 733 g/mol. The molecule has 0 heteroatoms. The largest absolute Gasteiger partial charge is 0.0888 e. The van der Waals surface area contributed by atoms with Crippen LogP contribution >= 0.6 is 0 Å². The first kappa shape index (κ1) is 60.7. The Morgan fingerprint density at radius 3 is 0.410 bits per heavy atom. The van der Waals surface area contributed by atoms with E-state index in [9.17, 15) is 0 Å². The number of hydrogen-bond acceptors (Lipinski definition) is 0. The molecule has 0 unspecified atom stereocenters. The lowest BCUT2D eigenvalue weighted by atomic mass is 10.0. The Morgan fingerprint density at radius 1 is 0.148 bits per heavy atom. The van der Waals surface area contributed by atoms with Gasteiger partial charge in [0.2, 0.25) is 0 Å². The summed E-state index contributed by atoms with van der Waals surface area (Å²) < 4.78 is 0. The van der Waals surface area contributed by atoms with Crippen molar-refractivity contribution in [2.75, 3.05) is 0 Å². The van der Waals surface area contributed by atoms with E-state index < -0.39 is 0 Å². The van der Waals surface area contributed by atoms with Crippen molar-refractivity contribution >= 4 is 0 Å². The highest BCUT2D eigenvalue weighted by atomic mass is 14.1. The van der Waals surface area contributed by atoms with Crippen LogP contribution in [0, 0.1) is 0 Å². The van der Waals surface area contributed by atoms with Crippen LogP contribution in [0.1, 0.15) is 380 Å². The molecule has 0 saturated heterocycles. The molecule has 61 heavy (non-hydrogen) atoms. The van der Waals surface area contributed by atoms with Gasteiger partial charge in [0, 0.05) is 0 Å². The fourth-order valence-corrected chi connectivity index (χ4v) is 9.99. The molecule has 0 nitrogen and oxygen atoms in total. The van der Waals surface area contributed by atoms with E-state index in [1.165, 1.54) is 366 Å². The van der Waals surface area contributed by atoms with Gasteiger partial charge in [-0.3, -0.25) is 0 Å². The molecule has 0 N–H and O–H groups in total. The third kappa shape index (κ3) is 59.7. The van der Waals surface area contributed by atoms with E-state index in [1.54, 1.807) is 0 Å². The minimum Gasteiger partial charge on any atom is -0.0888 e. The predicted octanol–water partition coefficient (Wildman–Crippen LogP) is 23.8. The fraction of sp³-hybridized carbons (Fsp3) is 0.967. The Bertz CT molecular complexity index is 734. The molecular formula is C61H122. The van der Waals surface area contributed by atoms with Crippen LogP contribution in [0.2, 0.25) is 0 Å². The molecule has 0 amide bonds. The lowest BCUT2D eigenvalue weighted by Crippen LogP contribution is -1.85. The van der Waals surface area contributed by atoms with Gasteiger partial charge in [-0.25, -0.2) is 0 Å². The highest BCUT2D eigenvalue weighted by Gasteiger charge is 2.00. The van der Waals surface area contributed by atoms with E-state index in [2.05, 4.69) is 26.0 Å². The van der Waals surface area contributed by atoms with Gasteiger partial charge in [0.25, 0.3) is 0 Å². The first-order valence-corrected chi connectivity index (χ1v) is 30.1. The summed E-state index contributed by atoms with van der Waals surface area (Å²) in [4.78, 5) is 0. The summed E-state index contributed by atoms with van der Waals surface area (Å²) in [6, 6.07) is 0. The summed E-state index contributed by atoms with van der Waals surface area (Å²) in [5.41, 5.74) is 0. The number of rotatable bonds is 57. The molecule has 0 radical (unpaired) electrons. The van der Waals surface area contributed by atoms with Crippen LogP contribution in [-0.2, 0) is 0 Å². The summed E-state index contributed by atoms with van der Waals surface area (Å²) in [7, 11) is 0.